The number of piperazine rings is 1. The number of ether oxygens (including phenoxy) is 2. The largest absolute Gasteiger partial charge is 0.462 e. The second-order valence-electron chi connectivity index (χ2n) is 12.9. The van der Waals surface area contributed by atoms with E-state index in [1.54, 1.807) is 16.2 Å². The van der Waals surface area contributed by atoms with Crippen molar-refractivity contribution in [3.8, 4) is 22.5 Å². The Morgan fingerprint density at radius 1 is 1.11 bits per heavy atom. The van der Waals surface area contributed by atoms with E-state index in [9.17, 15) is 10.1 Å². The van der Waals surface area contributed by atoms with Gasteiger partial charge in [0.25, 0.3) is 0 Å². The molecule has 44 heavy (non-hydrogen) atoms. The van der Waals surface area contributed by atoms with Gasteiger partial charge in [0, 0.05) is 30.6 Å². The van der Waals surface area contributed by atoms with E-state index in [-0.39, 0.29) is 18.6 Å². The van der Waals surface area contributed by atoms with Crippen molar-refractivity contribution in [1.82, 2.24) is 19.8 Å². The number of rotatable bonds is 6. The molecule has 0 N–H and O–H groups in total. The highest BCUT2D eigenvalue weighted by atomic mass is 32.1. The Morgan fingerprint density at radius 3 is 2.64 bits per heavy atom. The first-order valence-electron chi connectivity index (χ1n) is 15.4. The summed E-state index contributed by atoms with van der Waals surface area (Å²) in [5.74, 6) is 0.782. The molecule has 2 aromatic carbocycles. The number of thiophene rings is 1. The van der Waals surface area contributed by atoms with Crippen LogP contribution in [0.2, 0.25) is 0 Å². The van der Waals surface area contributed by atoms with Crippen LogP contribution in [0.25, 0.3) is 31.4 Å². The molecule has 6 rings (SSSR count). The number of aryl methyl sites for hydroxylation is 1. The predicted molar refractivity (Wildman–Crippen MR) is 175 cm³/mol. The number of benzene rings is 2. The van der Waals surface area contributed by atoms with Crippen LogP contribution in [0.4, 0.5) is 10.6 Å². The first-order valence-corrected chi connectivity index (χ1v) is 16.2. The monoisotopic (exact) mass is 612 g/mol. The van der Waals surface area contributed by atoms with Crippen molar-refractivity contribution in [1.29, 1.82) is 5.26 Å². The van der Waals surface area contributed by atoms with E-state index in [2.05, 4.69) is 72.3 Å². The maximum absolute atomic E-state index is 13.1. The molecule has 4 heterocycles. The Bertz CT molecular complexity index is 1720. The van der Waals surface area contributed by atoms with E-state index in [1.807, 2.05) is 20.8 Å². The van der Waals surface area contributed by atoms with Crippen molar-refractivity contribution < 1.29 is 14.3 Å². The average Bonchev–Trinajstić information content (AvgIpc) is 3.60. The van der Waals surface area contributed by atoms with Crippen LogP contribution in [-0.4, -0.2) is 83.4 Å². The molecule has 9 nitrogen and oxygen atoms in total. The SMILES string of the molecule is Cc1cccc2cccc(-c3cc4nc(OC[C@@H]5CCCN5C)nc(N5CCN(C(=O)OC(C)(C)C)C(CC#N)C5)c4s3)c12. The summed E-state index contributed by atoms with van der Waals surface area (Å²) < 4.78 is 12.9. The summed E-state index contributed by atoms with van der Waals surface area (Å²) in [5, 5.41) is 12.1. The summed E-state index contributed by atoms with van der Waals surface area (Å²) in [5.41, 5.74) is 2.62. The highest BCUT2D eigenvalue weighted by Crippen LogP contribution is 2.42. The molecule has 1 unspecified atom stereocenters. The lowest BCUT2D eigenvalue weighted by Crippen LogP contribution is -2.56. The molecule has 0 aliphatic carbocycles. The molecule has 0 bridgehead atoms. The number of hydrogen-bond donors (Lipinski definition) is 0. The van der Waals surface area contributed by atoms with Crippen LogP contribution in [0, 0.1) is 18.3 Å². The quantitative estimate of drug-likeness (QED) is 0.239. The van der Waals surface area contributed by atoms with Crippen LogP contribution in [-0.2, 0) is 4.74 Å². The standard InChI is InChI=1S/C34H40N6O3S/c1-22-9-6-10-23-11-7-13-26(29(22)23)28-19-27-30(44-28)31(37-32(36-27)42-21-25-12-8-16-38(25)5)39-17-18-40(24(20-39)14-15-35)33(41)43-34(2,3)4/h6-7,9-11,13,19,24-25H,8,12,14,16-18,20-21H2,1-5H3/t24?,25-/m0/s1. The van der Waals surface area contributed by atoms with Gasteiger partial charge in [0.15, 0.2) is 5.82 Å². The van der Waals surface area contributed by atoms with Crippen molar-refractivity contribution in [3.63, 3.8) is 0 Å². The normalized spacial score (nSPS) is 19.5. The number of hydrogen-bond acceptors (Lipinski definition) is 9. The van der Waals surface area contributed by atoms with Gasteiger partial charge >= 0.3 is 12.1 Å². The molecule has 2 atom stereocenters. The summed E-state index contributed by atoms with van der Waals surface area (Å²) in [6.07, 6.45) is 2.07. The topological polar surface area (TPSA) is 94.8 Å². The van der Waals surface area contributed by atoms with Crippen molar-refractivity contribution in [2.45, 2.75) is 64.6 Å². The lowest BCUT2D eigenvalue weighted by atomic mass is 9.99. The first-order chi connectivity index (χ1) is 21.1. The fourth-order valence-corrected chi connectivity index (χ4v) is 7.43. The van der Waals surface area contributed by atoms with Gasteiger partial charge in [-0.1, -0.05) is 36.4 Å². The van der Waals surface area contributed by atoms with Crippen LogP contribution in [0.5, 0.6) is 6.01 Å². The minimum absolute atomic E-state index is 0.201. The van der Waals surface area contributed by atoms with Crippen LogP contribution in [0.1, 0.15) is 45.6 Å². The van der Waals surface area contributed by atoms with Crippen molar-refractivity contribution in [3.05, 3.63) is 48.0 Å². The number of carbonyl (C=O) groups is 1. The first kappa shape index (κ1) is 30.1. The van der Waals surface area contributed by atoms with Crippen LogP contribution >= 0.6 is 11.3 Å². The van der Waals surface area contributed by atoms with E-state index >= 15 is 0 Å². The van der Waals surface area contributed by atoms with E-state index in [4.69, 9.17) is 19.4 Å². The molecule has 2 aromatic heterocycles. The minimum Gasteiger partial charge on any atom is -0.462 e. The van der Waals surface area contributed by atoms with Gasteiger partial charge in [0.05, 0.1) is 28.7 Å². The Hall–Kier alpha value is -3.94. The van der Waals surface area contributed by atoms with Gasteiger partial charge in [-0.05, 0) is 82.1 Å². The lowest BCUT2D eigenvalue weighted by Gasteiger charge is -2.41. The molecule has 0 spiro atoms. The lowest BCUT2D eigenvalue weighted by molar-refractivity contribution is 0.0145. The fourth-order valence-electron chi connectivity index (χ4n) is 6.29. The van der Waals surface area contributed by atoms with Gasteiger partial charge < -0.3 is 24.2 Å². The molecule has 10 heteroatoms. The average molecular weight is 613 g/mol. The molecule has 2 saturated heterocycles. The number of anilines is 1. The summed E-state index contributed by atoms with van der Waals surface area (Å²) >= 11 is 1.68. The van der Waals surface area contributed by atoms with Gasteiger partial charge in [-0.3, -0.25) is 0 Å². The second-order valence-corrected chi connectivity index (χ2v) is 13.9. The molecule has 1 amide bonds. The fraction of sp³-hybridized carbons (Fsp3) is 0.471. The van der Waals surface area contributed by atoms with Gasteiger partial charge in [-0.2, -0.15) is 15.2 Å². The molecule has 230 valence electrons. The van der Waals surface area contributed by atoms with Crippen LogP contribution in [0.3, 0.4) is 0 Å². The van der Waals surface area contributed by atoms with Crippen molar-refractivity contribution in [2.24, 2.45) is 0 Å². The third kappa shape index (κ3) is 6.17. The number of likely N-dealkylation sites (N-methyl/N-ethyl adjacent to an activating group) is 1. The van der Waals surface area contributed by atoms with E-state index in [0.717, 1.165) is 40.3 Å². The van der Waals surface area contributed by atoms with Crippen molar-refractivity contribution >= 4 is 44.2 Å². The molecule has 0 radical (unpaired) electrons. The number of nitrogens with zero attached hydrogens (tertiary/aromatic N) is 6. The molecule has 0 saturated carbocycles. The second kappa shape index (κ2) is 12.2. The number of aromatic nitrogens is 2. The Morgan fingerprint density at radius 2 is 1.91 bits per heavy atom. The zero-order valence-electron chi connectivity index (χ0n) is 26.2. The molecule has 4 aromatic rings. The highest BCUT2D eigenvalue weighted by Gasteiger charge is 2.35. The highest BCUT2D eigenvalue weighted by molar-refractivity contribution is 7.22. The van der Waals surface area contributed by atoms with Gasteiger partial charge in [0.1, 0.15) is 12.2 Å². The summed E-state index contributed by atoms with van der Waals surface area (Å²) in [4.78, 5) is 30.3. The minimum atomic E-state index is -0.614. The Labute approximate surface area is 263 Å². The number of fused-ring (bicyclic) bond motifs is 2. The Balaban J connectivity index is 1.39. The maximum Gasteiger partial charge on any atom is 0.410 e. The zero-order chi connectivity index (χ0) is 31.0. The molecular weight excluding hydrogens is 572 g/mol. The number of amides is 1. The summed E-state index contributed by atoms with van der Waals surface area (Å²) in [6, 6.07) is 17.6. The number of nitriles is 1. The third-order valence-electron chi connectivity index (χ3n) is 8.53. The molecule has 2 aliphatic heterocycles. The zero-order valence-corrected chi connectivity index (χ0v) is 27.0. The predicted octanol–water partition coefficient (Wildman–Crippen LogP) is 6.63. The van der Waals surface area contributed by atoms with E-state index in [1.165, 1.54) is 21.9 Å². The van der Waals surface area contributed by atoms with Gasteiger partial charge in [0.2, 0.25) is 0 Å². The third-order valence-corrected chi connectivity index (χ3v) is 9.68. The van der Waals surface area contributed by atoms with E-state index < -0.39 is 5.60 Å². The Kier molecular flexibility index (Phi) is 8.36. The van der Waals surface area contributed by atoms with Crippen LogP contribution in [0.15, 0.2) is 42.5 Å². The summed E-state index contributed by atoms with van der Waals surface area (Å²) in [7, 11) is 2.13. The maximum atomic E-state index is 13.1. The van der Waals surface area contributed by atoms with Crippen LogP contribution < -0.4 is 9.64 Å². The van der Waals surface area contributed by atoms with Gasteiger partial charge in [-0.15, -0.1) is 11.3 Å². The molecule has 2 fully saturated rings. The van der Waals surface area contributed by atoms with Crippen molar-refractivity contribution in [2.75, 3.05) is 44.7 Å². The smallest absolute Gasteiger partial charge is 0.410 e. The number of likely N-dealkylation sites (tertiary alicyclic amines) is 1. The van der Waals surface area contributed by atoms with Gasteiger partial charge in [-0.25, -0.2) is 4.79 Å². The number of carbonyl (C=O) groups excluding carboxylic acids is 1. The summed E-state index contributed by atoms with van der Waals surface area (Å²) in [6.45, 7) is 10.8. The molecule has 2 aliphatic rings. The molecular formula is C34H40N6O3S. The van der Waals surface area contributed by atoms with E-state index in [0.29, 0.717) is 38.3 Å².